The number of rotatable bonds is 3. The summed E-state index contributed by atoms with van der Waals surface area (Å²) in [4.78, 5) is 10.1. The molecule has 0 radical (unpaired) electrons. The topological polar surface area (TPSA) is 103 Å². The van der Waals surface area contributed by atoms with Crippen LogP contribution in [0.2, 0.25) is 0 Å². The predicted octanol–water partition coefficient (Wildman–Crippen LogP) is 1.91. The van der Waals surface area contributed by atoms with Crippen molar-refractivity contribution in [2.45, 2.75) is 4.90 Å². The van der Waals surface area contributed by atoms with Crippen LogP contribution in [0, 0.1) is 10.1 Å². The van der Waals surface area contributed by atoms with Gasteiger partial charge in [-0.3, -0.25) is 10.1 Å². The molecule has 0 saturated carbocycles. The molecule has 0 aromatic heterocycles. The summed E-state index contributed by atoms with van der Waals surface area (Å²) in [6, 6.07) is 11.8. The Balaban J connectivity index is 2.66. The molecule has 98 valence electrons. The molecule has 0 aliphatic rings. The predicted molar refractivity (Wildman–Crippen MR) is 69.9 cm³/mol. The van der Waals surface area contributed by atoms with Crippen LogP contribution >= 0.6 is 0 Å². The van der Waals surface area contributed by atoms with Crippen molar-refractivity contribution in [1.82, 2.24) is 0 Å². The first-order valence-electron chi connectivity index (χ1n) is 5.26. The second kappa shape index (κ2) is 4.79. The van der Waals surface area contributed by atoms with Crippen molar-refractivity contribution in [3.05, 3.63) is 58.6 Å². The Labute approximate surface area is 109 Å². The van der Waals surface area contributed by atoms with E-state index >= 15 is 0 Å². The Hall–Kier alpha value is -2.25. The third-order valence-corrected chi connectivity index (χ3v) is 3.53. The van der Waals surface area contributed by atoms with Crippen LogP contribution in [0.25, 0.3) is 11.1 Å². The minimum Gasteiger partial charge on any atom is -0.258 e. The first-order valence-corrected chi connectivity index (χ1v) is 6.81. The van der Waals surface area contributed by atoms with Crippen LogP contribution in [-0.4, -0.2) is 13.3 Å². The number of sulfonamides is 1. The van der Waals surface area contributed by atoms with Crippen molar-refractivity contribution in [1.29, 1.82) is 0 Å². The number of nitrogens with two attached hydrogens (primary N) is 1. The van der Waals surface area contributed by atoms with Crippen LogP contribution in [0.1, 0.15) is 0 Å². The first-order chi connectivity index (χ1) is 8.89. The summed E-state index contributed by atoms with van der Waals surface area (Å²) in [6.07, 6.45) is 0. The lowest BCUT2D eigenvalue weighted by Gasteiger charge is -2.07. The van der Waals surface area contributed by atoms with Crippen molar-refractivity contribution < 1.29 is 13.3 Å². The van der Waals surface area contributed by atoms with Crippen molar-refractivity contribution in [2.75, 3.05) is 0 Å². The quantitative estimate of drug-likeness (QED) is 0.684. The zero-order chi connectivity index (χ0) is 14.0. The number of benzene rings is 2. The monoisotopic (exact) mass is 278 g/mol. The summed E-state index contributed by atoms with van der Waals surface area (Å²) < 4.78 is 23.0. The van der Waals surface area contributed by atoms with Crippen molar-refractivity contribution in [3.63, 3.8) is 0 Å². The highest BCUT2D eigenvalue weighted by Crippen LogP contribution is 2.28. The fraction of sp³-hybridized carbons (Fsp3) is 0. The molecule has 0 bridgehead atoms. The third kappa shape index (κ3) is 2.78. The molecular weight excluding hydrogens is 268 g/mol. The van der Waals surface area contributed by atoms with E-state index in [1.807, 2.05) is 0 Å². The standard InChI is InChI=1S/C12H10N2O4S/c13-19(17,18)12-7-2-1-6-11(12)9-4-3-5-10(8-9)14(15)16/h1-8H,(H2,13,17,18). The lowest BCUT2D eigenvalue weighted by Crippen LogP contribution is -2.13. The second-order valence-corrected chi connectivity index (χ2v) is 5.38. The number of hydrogen-bond donors (Lipinski definition) is 1. The van der Waals surface area contributed by atoms with Gasteiger partial charge in [0.1, 0.15) is 0 Å². The van der Waals surface area contributed by atoms with Crippen LogP contribution in [0.4, 0.5) is 5.69 Å². The lowest BCUT2D eigenvalue weighted by molar-refractivity contribution is -0.384. The normalized spacial score (nSPS) is 11.2. The largest absolute Gasteiger partial charge is 0.270 e. The molecule has 2 rings (SSSR count). The van der Waals surface area contributed by atoms with E-state index in [9.17, 15) is 18.5 Å². The molecule has 0 fully saturated rings. The minimum absolute atomic E-state index is 0.0597. The fourth-order valence-electron chi connectivity index (χ4n) is 1.74. The summed E-state index contributed by atoms with van der Waals surface area (Å²) in [5.41, 5.74) is 0.661. The smallest absolute Gasteiger partial charge is 0.258 e. The van der Waals surface area contributed by atoms with Gasteiger partial charge in [-0.15, -0.1) is 0 Å². The molecule has 0 spiro atoms. The van der Waals surface area contributed by atoms with Crippen LogP contribution in [0.3, 0.4) is 0 Å². The molecule has 0 heterocycles. The lowest BCUT2D eigenvalue weighted by atomic mass is 10.1. The second-order valence-electron chi connectivity index (χ2n) is 3.85. The summed E-state index contributed by atoms with van der Waals surface area (Å²) in [6.45, 7) is 0. The highest BCUT2D eigenvalue weighted by Gasteiger charge is 2.16. The van der Waals surface area contributed by atoms with E-state index in [2.05, 4.69) is 0 Å². The molecule has 0 amide bonds. The van der Waals surface area contributed by atoms with Crippen molar-refractivity contribution in [2.24, 2.45) is 5.14 Å². The van der Waals surface area contributed by atoms with E-state index < -0.39 is 14.9 Å². The van der Waals surface area contributed by atoms with Gasteiger partial charge in [-0.2, -0.15) is 0 Å². The Kier molecular flexibility index (Phi) is 3.32. The number of nitro groups is 1. The summed E-state index contributed by atoms with van der Waals surface area (Å²) in [5.74, 6) is 0. The summed E-state index contributed by atoms with van der Waals surface area (Å²) in [7, 11) is -3.88. The van der Waals surface area contributed by atoms with Gasteiger partial charge in [0.15, 0.2) is 0 Å². The number of non-ortho nitro benzene ring substituents is 1. The Morgan fingerprint density at radius 3 is 2.37 bits per heavy atom. The van der Waals surface area contributed by atoms with Crippen LogP contribution in [0.5, 0.6) is 0 Å². The van der Waals surface area contributed by atoms with E-state index in [1.54, 1.807) is 24.3 Å². The highest BCUT2D eigenvalue weighted by molar-refractivity contribution is 7.89. The molecule has 7 heteroatoms. The van der Waals surface area contributed by atoms with E-state index in [1.165, 1.54) is 24.3 Å². The number of nitro benzene ring substituents is 1. The van der Waals surface area contributed by atoms with Gasteiger partial charge in [-0.05, 0) is 11.6 Å². The minimum atomic E-state index is -3.88. The average Bonchev–Trinajstić information content (AvgIpc) is 2.38. The molecule has 2 aromatic carbocycles. The molecule has 0 saturated heterocycles. The van der Waals surface area contributed by atoms with Gasteiger partial charge in [-0.1, -0.05) is 30.3 Å². The highest BCUT2D eigenvalue weighted by atomic mass is 32.2. The van der Waals surface area contributed by atoms with E-state index in [-0.39, 0.29) is 10.6 Å². The van der Waals surface area contributed by atoms with Gasteiger partial charge in [-0.25, -0.2) is 13.6 Å². The van der Waals surface area contributed by atoms with Crippen LogP contribution < -0.4 is 5.14 Å². The van der Waals surface area contributed by atoms with Crippen molar-refractivity contribution in [3.8, 4) is 11.1 Å². The molecule has 0 unspecified atom stereocenters. The fourth-order valence-corrected chi connectivity index (χ4v) is 2.50. The molecule has 0 atom stereocenters. The zero-order valence-corrected chi connectivity index (χ0v) is 10.5. The van der Waals surface area contributed by atoms with Gasteiger partial charge in [0.05, 0.1) is 9.82 Å². The maximum Gasteiger partial charge on any atom is 0.270 e. The van der Waals surface area contributed by atoms with Crippen molar-refractivity contribution >= 4 is 15.7 Å². The molecule has 19 heavy (non-hydrogen) atoms. The zero-order valence-electron chi connectivity index (χ0n) is 9.68. The molecule has 0 aliphatic carbocycles. The summed E-state index contributed by atoms with van der Waals surface area (Å²) >= 11 is 0. The number of nitrogens with zero attached hydrogens (tertiary/aromatic N) is 1. The molecule has 2 N–H and O–H groups in total. The Bertz CT molecular complexity index is 741. The van der Waals surface area contributed by atoms with Gasteiger partial charge < -0.3 is 0 Å². The molecule has 6 nitrogen and oxygen atoms in total. The van der Waals surface area contributed by atoms with E-state index in [4.69, 9.17) is 5.14 Å². The average molecular weight is 278 g/mol. The third-order valence-electron chi connectivity index (χ3n) is 2.56. The SMILES string of the molecule is NS(=O)(=O)c1ccccc1-c1cccc([N+](=O)[O-])c1. The Morgan fingerprint density at radius 2 is 1.74 bits per heavy atom. The maximum atomic E-state index is 11.5. The van der Waals surface area contributed by atoms with Gasteiger partial charge in [0, 0.05) is 17.7 Å². The van der Waals surface area contributed by atoms with Gasteiger partial charge in [0.25, 0.3) is 5.69 Å². The molecular formula is C12H10N2O4S. The van der Waals surface area contributed by atoms with Crippen LogP contribution in [0.15, 0.2) is 53.4 Å². The van der Waals surface area contributed by atoms with Crippen LogP contribution in [-0.2, 0) is 10.0 Å². The number of primary sulfonamides is 1. The van der Waals surface area contributed by atoms with Gasteiger partial charge in [0.2, 0.25) is 10.0 Å². The first kappa shape index (κ1) is 13.2. The maximum absolute atomic E-state index is 11.5. The summed E-state index contributed by atoms with van der Waals surface area (Å²) in [5, 5.41) is 15.9. The Morgan fingerprint density at radius 1 is 1.05 bits per heavy atom. The molecule has 0 aliphatic heterocycles. The van der Waals surface area contributed by atoms with E-state index in [0.717, 1.165) is 0 Å². The van der Waals surface area contributed by atoms with E-state index in [0.29, 0.717) is 11.1 Å². The number of hydrogen-bond acceptors (Lipinski definition) is 4. The van der Waals surface area contributed by atoms with Gasteiger partial charge >= 0.3 is 0 Å². The molecule has 2 aromatic rings.